The van der Waals surface area contributed by atoms with Gasteiger partial charge in [-0.05, 0) is 79.8 Å². The molecule has 11 rings (SSSR count). The molecule has 0 aliphatic heterocycles. The van der Waals surface area contributed by atoms with Crippen LogP contribution in [0.1, 0.15) is 11.0 Å². The fraction of sp³-hybridized carbons (Fsp3) is 0. The summed E-state index contributed by atoms with van der Waals surface area (Å²) >= 11 is 0. The van der Waals surface area contributed by atoms with Crippen LogP contribution in [-0.4, -0.2) is 19.5 Å². The molecule has 4 nitrogen and oxygen atoms in total. The zero-order valence-electron chi connectivity index (χ0n) is 37.1. The second kappa shape index (κ2) is 12.6. The predicted molar refractivity (Wildman–Crippen MR) is 228 cm³/mol. The molecule has 0 aliphatic rings. The number of hydrogen-bond donors (Lipinski definition) is 0. The average Bonchev–Trinajstić information content (AvgIpc) is 3.70. The molecule has 0 spiro atoms. The van der Waals surface area contributed by atoms with Gasteiger partial charge in [-0.25, -0.2) is 15.0 Å². The van der Waals surface area contributed by atoms with Gasteiger partial charge in [0.25, 0.3) is 0 Å². The molecule has 0 amide bonds. The van der Waals surface area contributed by atoms with Gasteiger partial charge in [0, 0.05) is 33.2 Å². The van der Waals surface area contributed by atoms with E-state index in [2.05, 4.69) is 54.6 Å². The van der Waals surface area contributed by atoms with Crippen molar-refractivity contribution in [3.63, 3.8) is 0 Å². The third-order valence-electron chi connectivity index (χ3n) is 10.2. The average molecular weight is 709 g/mol. The highest BCUT2D eigenvalue weighted by atomic mass is 15.0. The molecule has 0 N–H and O–H groups in total. The lowest BCUT2D eigenvalue weighted by molar-refractivity contribution is 1.07. The van der Waals surface area contributed by atoms with Gasteiger partial charge >= 0.3 is 0 Å². The first-order chi connectivity index (χ1) is 30.6. The number of hydrogen-bond acceptors (Lipinski definition) is 3. The summed E-state index contributed by atoms with van der Waals surface area (Å²) in [5, 5.41) is 6.64. The summed E-state index contributed by atoms with van der Waals surface area (Å²) in [5.74, 6) is 1.21. The topological polar surface area (TPSA) is 43.6 Å². The van der Waals surface area contributed by atoms with Gasteiger partial charge in [-0.1, -0.05) is 158 Å². The fourth-order valence-electron chi connectivity index (χ4n) is 7.67. The maximum Gasteiger partial charge on any atom is 0.164 e. The minimum atomic E-state index is -0.503. The molecule has 0 radical (unpaired) electrons. The van der Waals surface area contributed by atoms with Crippen molar-refractivity contribution in [3.05, 3.63) is 194 Å². The highest BCUT2D eigenvalue weighted by Crippen LogP contribution is 2.38. The number of para-hydroxylation sites is 2. The van der Waals surface area contributed by atoms with Crippen molar-refractivity contribution in [1.29, 1.82) is 0 Å². The molecular weight excluding hydrogens is 669 g/mol. The molecule has 0 fully saturated rings. The fourth-order valence-corrected chi connectivity index (χ4v) is 7.67. The van der Waals surface area contributed by atoms with Crippen LogP contribution in [0.25, 0.3) is 105 Å². The van der Waals surface area contributed by atoms with Gasteiger partial charge in [-0.3, -0.25) is 0 Å². The van der Waals surface area contributed by atoms with Crippen molar-refractivity contribution in [3.8, 4) is 51.0 Å². The maximum atomic E-state index is 9.23. The molecule has 2 aromatic heterocycles. The van der Waals surface area contributed by atoms with Crippen LogP contribution in [0.15, 0.2) is 194 Å². The van der Waals surface area contributed by atoms with Crippen molar-refractivity contribution < 1.29 is 11.0 Å². The standard InChI is InChI=1S/C51H32N4/c1-3-14-35(15-4-1)49-52-50(36-16-5-2-6-17-36)54-51(53-49)40-30-39(31-41(32-40)55-46-21-11-9-19-44(46)45-20-10-12-22-47(45)55)37-27-28-43-38(29-37)26-25-34-24-23-33-13-7-8-18-42(33)48(34)43/h1-32H/i9D,10D,11D,12D,19D,20D,21D,22D. The molecule has 0 atom stereocenters. The van der Waals surface area contributed by atoms with Crippen molar-refractivity contribution in [2.75, 3.05) is 0 Å². The lowest BCUT2D eigenvalue weighted by atomic mass is 9.93. The van der Waals surface area contributed by atoms with E-state index in [0.29, 0.717) is 34.3 Å². The predicted octanol–water partition coefficient (Wildman–Crippen LogP) is 13.1. The molecule has 11 aromatic rings. The molecule has 0 bridgehead atoms. The Kier molecular flexibility index (Phi) is 5.50. The van der Waals surface area contributed by atoms with Crippen LogP contribution in [0.4, 0.5) is 0 Å². The Balaban J connectivity index is 1.25. The van der Waals surface area contributed by atoms with E-state index in [9.17, 15) is 2.74 Å². The number of aromatic nitrogens is 4. The molecule has 9 aromatic carbocycles. The van der Waals surface area contributed by atoms with Gasteiger partial charge in [-0.15, -0.1) is 0 Å². The van der Waals surface area contributed by atoms with Crippen LogP contribution in [0.5, 0.6) is 0 Å². The van der Waals surface area contributed by atoms with E-state index in [4.69, 9.17) is 23.2 Å². The quantitative estimate of drug-likeness (QED) is 0.167. The van der Waals surface area contributed by atoms with Crippen LogP contribution < -0.4 is 0 Å². The first-order valence-electron chi connectivity index (χ1n) is 22.0. The second-order valence-corrected chi connectivity index (χ2v) is 13.5. The minimum Gasteiger partial charge on any atom is -0.309 e. The van der Waals surface area contributed by atoms with Gasteiger partial charge in [0.1, 0.15) is 0 Å². The van der Waals surface area contributed by atoms with Crippen molar-refractivity contribution in [1.82, 2.24) is 19.5 Å². The van der Waals surface area contributed by atoms with Gasteiger partial charge in [0.05, 0.1) is 22.0 Å². The number of benzene rings is 9. The molecular formula is C51H32N4. The summed E-state index contributed by atoms with van der Waals surface area (Å²) < 4.78 is 72.7. The van der Waals surface area contributed by atoms with E-state index in [1.54, 1.807) is 6.07 Å². The molecule has 0 saturated carbocycles. The third kappa shape index (κ3) is 5.26. The summed E-state index contributed by atoms with van der Waals surface area (Å²) in [7, 11) is 0. The van der Waals surface area contributed by atoms with Gasteiger partial charge in [-0.2, -0.15) is 0 Å². The zero-order chi connectivity index (χ0) is 43.3. The van der Waals surface area contributed by atoms with E-state index >= 15 is 0 Å². The Morgan fingerprint density at radius 3 is 1.56 bits per heavy atom. The van der Waals surface area contributed by atoms with E-state index < -0.39 is 36.3 Å². The van der Waals surface area contributed by atoms with Gasteiger partial charge < -0.3 is 4.57 Å². The SMILES string of the molecule is [2H]c1c([2H])c([2H])c2c(c1[2H])c1c([2H])c([2H])c([2H])c([2H])c1n2-c1cc(-c2ccc3c(ccc4ccc5ccccc5c43)c2)cc(-c2nc(-c3ccccc3)nc(-c3ccccc3)n2)c1. The summed E-state index contributed by atoms with van der Waals surface area (Å²) in [6.07, 6.45) is 0. The summed E-state index contributed by atoms with van der Waals surface area (Å²) in [4.78, 5) is 15.0. The summed E-state index contributed by atoms with van der Waals surface area (Å²) in [5.41, 5.74) is 4.06. The number of nitrogens with zero attached hydrogens (tertiary/aromatic N) is 4. The first kappa shape index (κ1) is 24.0. The Labute approximate surface area is 328 Å². The van der Waals surface area contributed by atoms with Crippen molar-refractivity contribution in [2.45, 2.75) is 0 Å². The molecule has 0 saturated heterocycles. The molecule has 256 valence electrons. The van der Waals surface area contributed by atoms with E-state index in [1.807, 2.05) is 84.9 Å². The molecule has 0 unspecified atom stereocenters. The maximum absolute atomic E-state index is 9.23. The van der Waals surface area contributed by atoms with E-state index in [-0.39, 0.29) is 33.9 Å². The summed E-state index contributed by atoms with van der Waals surface area (Å²) in [6.45, 7) is 0. The Morgan fingerprint density at radius 2 is 0.891 bits per heavy atom. The molecule has 2 heterocycles. The van der Waals surface area contributed by atoms with Crippen LogP contribution >= 0.6 is 0 Å². The van der Waals surface area contributed by atoms with Crippen LogP contribution in [0, 0.1) is 0 Å². The van der Waals surface area contributed by atoms with Gasteiger partial charge in [0.2, 0.25) is 0 Å². The normalized spacial score (nSPS) is 13.7. The molecule has 4 heteroatoms. The third-order valence-corrected chi connectivity index (χ3v) is 10.2. The Bertz CT molecular complexity index is 3590. The lowest BCUT2D eigenvalue weighted by Crippen LogP contribution is -2.01. The largest absolute Gasteiger partial charge is 0.309 e. The highest BCUT2D eigenvalue weighted by Gasteiger charge is 2.18. The van der Waals surface area contributed by atoms with E-state index in [1.165, 1.54) is 4.57 Å². The Hall–Kier alpha value is -7.43. The van der Waals surface area contributed by atoms with Crippen LogP contribution in [0.3, 0.4) is 0 Å². The van der Waals surface area contributed by atoms with E-state index in [0.717, 1.165) is 49.0 Å². The number of fused-ring (bicyclic) bond motifs is 8. The van der Waals surface area contributed by atoms with Crippen molar-refractivity contribution in [2.24, 2.45) is 0 Å². The molecule has 0 aliphatic carbocycles. The number of rotatable bonds is 5. The lowest BCUT2D eigenvalue weighted by Gasteiger charge is -2.15. The van der Waals surface area contributed by atoms with Crippen LogP contribution in [0.2, 0.25) is 0 Å². The highest BCUT2D eigenvalue weighted by molar-refractivity contribution is 6.20. The smallest absolute Gasteiger partial charge is 0.164 e. The zero-order valence-corrected chi connectivity index (χ0v) is 29.1. The molecule has 55 heavy (non-hydrogen) atoms. The van der Waals surface area contributed by atoms with Crippen LogP contribution in [-0.2, 0) is 0 Å². The van der Waals surface area contributed by atoms with Crippen molar-refractivity contribution >= 4 is 54.1 Å². The monoisotopic (exact) mass is 708 g/mol. The van der Waals surface area contributed by atoms with Gasteiger partial charge in [0.15, 0.2) is 17.5 Å². The second-order valence-electron chi connectivity index (χ2n) is 13.5. The first-order valence-corrected chi connectivity index (χ1v) is 18.0. The minimum absolute atomic E-state index is 0.00217. The summed E-state index contributed by atoms with van der Waals surface area (Å²) in [6, 6.07) is 44.4. The Morgan fingerprint density at radius 1 is 0.364 bits per heavy atom.